The van der Waals surface area contributed by atoms with Crippen molar-refractivity contribution in [2.75, 3.05) is 5.32 Å². The van der Waals surface area contributed by atoms with E-state index in [9.17, 15) is 18.0 Å². The molecule has 1 aromatic heterocycles. The zero-order chi connectivity index (χ0) is 17.5. The average Bonchev–Trinajstić information content (AvgIpc) is 2.83. The summed E-state index contributed by atoms with van der Waals surface area (Å²) in [4.78, 5) is 22.9. The van der Waals surface area contributed by atoms with Crippen molar-refractivity contribution in [2.45, 2.75) is 11.8 Å². The molecule has 0 fully saturated rings. The standard InChI is InChI=1S/C15H11ClN2O5S/c1-9(19)17-11-3-5-12(6-4-11)24(21,22)18-13-8-10(16)2-7-14(13)23-15(18)20/h2-8H,1H3,(H,17,19). The second-order valence-electron chi connectivity index (χ2n) is 4.96. The number of nitrogens with zero attached hydrogens (tertiary/aromatic N) is 1. The van der Waals surface area contributed by atoms with Gasteiger partial charge in [-0.2, -0.15) is 3.97 Å². The van der Waals surface area contributed by atoms with E-state index in [2.05, 4.69) is 5.32 Å². The van der Waals surface area contributed by atoms with Crippen LogP contribution in [0, 0.1) is 0 Å². The van der Waals surface area contributed by atoms with Gasteiger partial charge in [-0.3, -0.25) is 4.79 Å². The Balaban J connectivity index is 2.14. The van der Waals surface area contributed by atoms with Crippen LogP contribution in [0.5, 0.6) is 0 Å². The first-order chi connectivity index (χ1) is 11.3. The fourth-order valence-corrected chi connectivity index (χ4v) is 3.71. The number of nitrogens with one attached hydrogen (secondary N) is 1. The topological polar surface area (TPSA) is 98.4 Å². The zero-order valence-corrected chi connectivity index (χ0v) is 13.9. The van der Waals surface area contributed by atoms with E-state index in [0.717, 1.165) is 0 Å². The van der Waals surface area contributed by atoms with E-state index in [1.807, 2.05) is 0 Å². The van der Waals surface area contributed by atoms with Gasteiger partial charge in [0.05, 0.1) is 4.90 Å². The summed E-state index contributed by atoms with van der Waals surface area (Å²) in [6, 6.07) is 9.68. The summed E-state index contributed by atoms with van der Waals surface area (Å²) in [7, 11) is -4.18. The molecule has 124 valence electrons. The van der Waals surface area contributed by atoms with Crippen molar-refractivity contribution in [1.82, 2.24) is 3.97 Å². The van der Waals surface area contributed by atoms with Crippen molar-refractivity contribution < 1.29 is 17.6 Å². The first-order valence-electron chi connectivity index (χ1n) is 6.73. The number of amides is 1. The van der Waals surface area contributed by atoms with Crippen LogP contribution < -0.4 is 11.1 Å². The number of carbonyl (C=O) groups is 1. The Bertz CT molecular complexity index is 1100. The number of rotatable bonds is 3. The number of anilines is 1. The monoisotopic (exact) mass is 366 g/mol. The Morgan fingerprint density at radius 2 is 1.83 bits per heavy atom. The van der Waals surface area contributed by atoms with Gasteiger partial charge in [-0.1, -0.05) is 11.6 Å². The molecule has 7 nitrogen and oxygen atoms in total. The minimum absolute atomic E-state index is 0.0541. The predicted octanol–water partition coefficient (Wildman–Crippen LogP) is 2.44. The number of oxazole rings is 1. The van der Waals surface area contributed by atoms with E-state index in [4.69, 9.17) is 16.0 Å². The molecule has 1 N–H and O–H groups in total. The second-order valence-corrected chi connectivity index (χ2v) is 7.18. The minimum atomic E-state index is -4.18. The van der Waals surface area contributed by atoms with Gasteiger partial charge in [-0.15, -0.1) is 0 Å². The second kappa shape index (κ2) is 5.81. The summed E-state index contributed by atoms with van der Waals surface area (Å²) < 4.78 is 31.0. The molecule has 0 spiro atoms. The van der Waals surface area contributed by atoms with Crippen LogP contribution in [0.3, 0.4) is 0 Å². The van der Waals surface area contributed by atoms with Gasteiger partial charge < -0.3 is 9.73 Å². The van der Waals surface area contributed by atoms with Crippen molar-refractivity contribution in [3.8, 4) is 0 Å². The van der Waals surface area contributed by atoms with Gasteiger partial charge >= 0.3 is 5.76 Å². The third-order valence-corrected chi connectivity index (χ3v) is 5.15. The van der Waals surface area contributed by atoms with E-state index in [0.29, 0.717) is 9.66 Å². The van der Waals surface area contributed by atoms with Gasteiger partial charge in [0, 0.05) is 17.6 Å². The number of halogens is 1. The molecule has 9 heteroatoms. The highest BCUT2D eigenvalue weighted by Crippen LogP contribution is 2.23. The Kier molecular flexibility index (Phi) is 3.94. The van der Waals surface area contributed by atoms with E-state index >= 15 is 0 Å². The number of hydrogen-bond acceptors (Lipinski definition) is 5. The minimum Gasteiger partial charge on any atom is -0.407 e. The normalized spacial score (nSPS) is 11.6. The van der Waals surface area contributed by atoms with E-state index in [1.54, 1.807) is 0 Å². The molecule has 0 saturated carbocycles. The number of fused-ring (bicyclic) bond motifs is 1. The maximum Gasteiger partial charge on any atom is 0.434 e. The summed E-state index contributed by atoms with van der Waals surface area (Å²) in [5.41, 5.74) is 0.607. The van der Waals surface area contributed by atoms with E-state index in [-0.39, 0.29) is 26.9 Å². The summed E-state index contributed by atoms with van der Waals surface area (Å²) in [5.74, 6) is -1.31. The third kappa shape index (κ3) is 2.81. The highest BCUT2D eigenvalue weighted by atomic mass is 35.5. The van der Waals surface area contributed by atoms with Crippen LogP contribution in [0.15, 0.2) is 56.6 Å². The maximum absolute atomic E-state index is 12.7. The summed E-state index contributed by atoms with van der Waals surface area (Å²) in [5, 5.41) is 2.80. The van der Waals surface area contributed by atoms with Crippen molar-refractivity contribution in [2.24, 2.45) is 0 Å². The highest BCUT2D eigenvalue weighted by Gasteiger charge is 2.24. The van der Waals surface area contributed by atoms with Gasteiger partial charge in [0.2, 0.25) is 5.91 Å². The quantitative estimate of drug-likeness (QED) is 0.767. The SMILES string of the molecule is CC(=O)Nc1ccc(S(=O)(=O)n2c(=O)oc3ccc(Cl)cc32)cc1. The van der Waals surface area contributed by atoms with Crippen LogP contribution in [0.25, 0.3) is 11.1 Å². The van der Waals surface area contributed by atoms with Crippen LogP contribution in [-0.2, 0) is 14.8 Å². The molecule has 0 saturated heterocycles. The fourth-order valence-electron chi connectivity index (χ4n) is 2.22. The maximum atomic E-state index is 12.7. The van der Waals surface area contributed by atoms with Crippen LogP contribution in [0.1, 0.15) is 6.92 Å². The number of benzene rings is 2. The third-order valence-electron chi connectivity index (χ3n) is 3.22. The molecule has 0 aliphatic carbocycles. The van der Waals surface area contributed by atoms with E-state index in [1.165, 1.54) is 49.4 Å². The molecule has 0 aliphatic heterocycles. The fraction of sp³-hybridized carbons (Fsp3) is 0.0667. The Morgan fingerprint density at radius 3 is 2.46 bits per heavy atom. The van der Waals surface area contributed by atoms with Crippen molar-refractivity contribution in [1.29, 1.82) is 0 Å². The summed E-state index contributed by atoms with van der Waals surface area (Å²) >= 11 is 5.87. The van der Waals surface area contributed by atoms with Crippen molar-refractivity contribution in [3.63, 3.8) is 0 Å². The van der Waals surface area contributed by atoms with Crippen LogP contribution >= 0.6 is 11.6 Å². The van der Waals surface area contributed by atoms with E-state index < -0.39 is 15.8 Å². The molecular formula is C15H11ClN2O5S. The lowest BCUT2D eigenvalue weighted by Crippen LogP contribution is -2.23. The van der Waals surface area contributed by atoms with Crippen LogP contribution in [-0.4, -0.2) is 18.3 Å². The molecule has 24 heavy (non-hydrogen) atoms. The molecule has 0 unspecified atom stereocenters. The molecule has 3 rings (SSSR count). The number of hydrogen-bond donors (Lipinski definition) is 1. The van der Waals surface area contributed by atoms with Crippen molar-refractivity contribution in [3.05, 3.63) is 58.0 Å². The molecule has 1 heterocycles. The number of carbonyl (C=O) groups excluding carboxylic acids is 1. The Morgan fingerprint density at radius 1 is 1.17 bits per heavy atom. The molecule has 1 amide bonds. The molecular weight excluding hydrogens is 356 g/mol. The largest absolute Gasteiger partial charge is 0.434 e. The zero-order valence-electron chi connectivity index (χ0n) is 12.3. The lowest BCUT2D eigenvalue weighted by molar-refractivity contribution is -0.114. The van der Waals surface area contributed by atoms with Crippen LogP contribution in [0.4, 0.5) is 5.69 Å². The van der Waals surface area contributed by atoms with Gasteiger partial charge in [0.15, 0.2) is 5.58 Å². The average molecular weight is 367 g/mol. The molecule has 0 atom stereocenters. The predicted molar refractivity (Wildman–Crippen MR) is 88.8 cm³/mol. The lowest BCUT2D eigenvalue weighted by Gasteiger charge is -2.07. The number of aromatic nitrogens is 1. The smallest absolute Gasteiger partial charge is 0.407 e. The van der Waals surface area contributed by atoms with Crippen LogP contribution in [0.2, 0.25) is 5.02 Å². The summed E-state index contributed by atoms with van der Waals surface area (Å²) in [6.07, 6.45) is 0. The molecule has 2 aromatic carbocycles. The summed E-state index contributed by atoms with van der Waals surface area (Å²) in [6.45, 7) is 1.34. The van der Waals surface area contributed by atoms with Gasteiger partial charge in [0.25, 0.3) is 10.0 Å². The first-order valence-corrected chi connectivity index (χ1v) is 8.55. The lowest BCUT2D eigenvalue weighted by atomic mass is 10.3. The Labute approximate surface area is 141 Å². The molecule has 3 aromatic rings. The van der Waals surface area contributed by atoms with Crippen molar-refractivity contribution >= 4 is 44.3 Å². The van der Waals surface area contributed by atoms with Gasteiger partial charge in [-0.05, 0) is 42.5 Å². The molecule has 0 radical (unpaired) electrons. The highest BCUT2D eigenvalue weighted by molar-refractivity contribution is 7.90. The molecule has 0 bridgehead atoms. The first kappa shape index (κ1) is 16.3. The van der Waals surface area contributed by atoms with Gasteiger partial charge in [0.1, 0.15) is 5.52 Å². The Hall–Kier alpha value is -2.58. The van der Waals surface area contributed by atoms with Gasteiger partial charge in [-0.25, -0.2) is 13.2 Å². The molecule has 0 aliphatic rings.